The topological polar surface area (TPSA) is 231 Å². The van der Waals surface area contributed by atoms with E-state index >= 15 is 0 Å². The first-order valence-corrected chi connectivity index (χ1v) is 34.9. The van der Waals surface area contributed by atoms with Gasteiger partial charge in [0.15, 0.2) is 6.10 Å². The fraction of sp³-hybridized carbons (Fsp3) is 0.825. The van der Waals surface area contributed by atoms with Gasteiger partial charge in [0.05, 0.1) is 26.4 Å². The molecule has 0 saturated heterocycles. The molecule has 0 aliphatic heterocycles. The molecule has 0 amide bonds. The predicted molar refractivity (Wildman–Crippen MR) is 326 cm³/mol. The summed E-state index contributed by atoms with van der Waals surface area (Å²) in [6.07, 6.45) is 54.5. The van der Waals surface area contributed by atoms with Crippen molar-refractivity contribution in [2.24, 2.45) is 0 Å². The molecule has 0 aromatic carbocycles. The number of unbranched alkanes of at least 4 members (excludes halogenated alkanes) is 30. The number of hydrogen-bond acceptors (Lipinski definition) is 14. The molecule has 0 radical (unpaired) electrons. The Morgan fingerprint density at radius 1 is 0.358 bits per heavy atom. The number of carbonyl (C=O) groups is 3. The van der Waals surface area contributed by atoms with Gasteiger partial charge in [-0.1, -0.05) is 249 Å². The molecule has 0 spiro atoms. The zero-order valence-corrected chi connectivity index (χ0v) is 52.7. The second kappa shape index (κ2) is 57.9. The van der Waals surface area contributed by atoms with Crippen LogP contribution in [0.3, 0.4) is 0 Å². The van der Waals surface area contributed by atoms with Crippen molar-refractivity contribution < 1.29 is 75.8 Å². The molecule has 0 rings (SSSR count). The first-order chi connectivity index (χ1) is 39.2. The second-order valence-electron chi connectivity index (χ2n) is 21.6. The maximum absolute atomic E-state index is 12.9. The smallest absolute Gasteiger partial charge is 0.463 e. The molecule has 5 unspecified atom stereocenters. The molecule has 0 saturated carbocycles. The summed E-state index contributed by atoms with van der Waals surface area (Å²) in [5.74, 6) is -1.57. The SMILES string of the molecule is CC/C=C\C/C=C\C/C=C\C/C=C\CCCCCCCCC(=O)OCC(O)COP(=O)(O)OCC(O)COP(=O)(O)OCC(COC(=O)CCCCCCCCCCCCCCC)OC(=O)CCCCCCCCCCCCCCC. The molecule has 5 atom stereocenters. The average Bonchev–Trinajstić information content (AvgIpc) is 3.45. The van der Waals surface area contributed by atoms with E-state index < -0.39 is 91.5 Å². The summed E-state index contributed by atoms with van der Waals surface area (Å²) in [6.45, 7) is 2.56. The summed E-state index contributed by atoms with van der Waals surface area (Å²) in [7, 11) is -9.75. The molecule has 0 bridgehead atoms. The van der Waals surface area contributed by atoms with Crippen LogP contribution in [0.5, 0.6) is 0 Å². The third kappa shape index (κ3) is 59.1. The highest BCUT2D eigenvalue weighted by atomic mass is 31.2. The van der Waals surface area contributed by atoms with Crippen LogP contribution < -0.4 is 0 Å². The summed E-state index contributed by atoms with van der Waals surface area (Å²) in [5, 5.41) is 20.5. The standard InChI is InChI=1S/C63H116O16P2/c1-4-7-10-13-16-19-22-25-26-27-28-29-30-33-35-37-40-43-46-49-61(66)73-52-58(64)53-75-80(69,70)76-54-59(65)55-77-81(71,72)78-57-60(79-63(68)51-48-45-42-39-36-32-24-21-18-15-12-9-6-3)56-74-62(67)50-47-44-41-38-34-31-23-20-17-14-11-8-5-2/h7,10,16,19,25-26,28-29,58-60,64-65H,4-6,8-9,11-15,17-18,20-24,27,30-57H2,1-3H3,(H,69,70)(H,71,72)/b10-7-,19-16-,26-25-,29-28-. The number of esters is 3. The van der Waals surface area contributed by atoms with Gasteiger partial charge in [-0.05, 0) is 57.8 Å². The van der Waals surface area contributed by atoms with E-state index in [1.54, 1.807) is 0 Å². The van der Waals surface area contributed by atoms with Crippen LogP contribution in [0.2, 0.25) is 0 Å². The minimum atomic E-state index is -4.91. The monoisotopic (exact) mass is 1190 g/mol. The Kier molecular flexibility index (Phi) is 56.1. The number of hydrogen-bond donors (Lipinski definition) is 4. The zero-order chi connectivity index (χ0) is 59.6. The minimum Gasteiger partial charge on any atom is -0.463 e. The van der Waals surface area contributed by atoms with Crippen LogP contribution in [0.4, 0.5) is 0 Å². The Hall–Kier alpha value is -2.49. The highest BCUT2D eigenvalue weighted by Crippen LogP contribution is 2.45. The van der Waals surface area contributed by atoms with Crippen LogP contribution in [-0.4, -0.2) is 95.9 Å². The molecule has 474 valence electrons. The molecular weight excluding hydrogens is 1070 g/mol. The number of phosphoric ester groups is 2. The van der Waals surface area contributed by atoms with Gasteiger partial charge in [-0.2, -0.15) is 0 Å². The van der Waals surface area contributed by atoms with Gasteiger partial charge in [0, 0.05) is 19.3 Å². The van der Waals surface area contributed by atoms with Crippen LogP contribution in [0, 0.1) is 0 Å². The number of rotatable bonds is 61. The highest BCUT2D eigenvalue weighted by Gasteiger charge is 2.29. The van der Waals surface area contributed by atoms with E-state index in [9.17, 15) is 43.5 Å². The fourth-order valence-electron chi connectivity index (χ4n) is 8.68. The lowest BCUT2D eigenvalue weighted by Gasteiger charge is -2.21. The highest BCUT2D eigenvalue weighted by molar-refractivity contribution is 7.47. The molecule has 4 N–H and O–H groups in total. The lowest BCUT2D eigenvalue weighted by atomic mass is 10.0. The summed E-state index contributed by atoms with van der Waals surface area (Å²) in [5.41, 5.74) is 0. The van der Waals surface area contributed by atoms with E-state index in [4.69, 9.17) is 32.3 Å². The van der Waals surface area contributed by atoms with Gasteiger partial charge in [-0.3, -0.25) is 32.5 Å². The number of phosphoric acid groups is 2. The van der Waals surface area contributed by atoms with E-state index in [-0.39, 0.29) is 19.3 Å². The van der Waals surface area contributed by atoms with Crippen molar-refractivity contribution in [2.75, 3.05) is 39.6 Å². The van der Waals surface area contributed by atoms with Crippen LogP contribution in [-0.2, 0) is 55.8 Å². The number of aliphatic hydroxyl groups is 2. The van der Waals surface area contributed by atoms with Crippen molar-refractivity contribution in [1.82, 2.24) is 0 Å². The van der Waals surface area contributed by atoms with Crippen LogP contribution in [0.1, 0.15) is 278 Å². The predicted octanol–water partition coefficient (Wildman–Crippen LogP) is 16.9. The molecule has 0 aliphatic carbocycles. The average molecular weight is 1190 g/mol. The third-order valence-electron chi connectivity index (χ3n) is 13.6. The number of aliphatic hydroxyl groups excluding tert-OH is 2. The normalized spacial score (nSPS) is 14.7. The number of ether oxygens (including phenoxy) is 3. The van der Waals surface area contributed by atoms with Crippen molar-refractivity contribution >= 4 is 33.6 Å². The van der Waals surface area contributed by atoms with Crippen molar-refractivity contribution in [3.05, 3.63) is 48.6 Å². The fourth-order valence-corrected chi connectivity index (χ4v) is 10.3. The van der Waals surface area contributed by atoms with Gasteiger partial charge >= 0.3 is 33.6 Å². The molecule has 0 aromatic heterocycles. The number of allylic oxidation sites excluding steroid dienone is 8. The van der Waals surface area contributed by atoms with Gasteiger partial charge in [0.25, 0.3) is 0 Å². The van der Waals surface area contributed by atoms with E-state index in [1.165, 1.54) is 109 Å². The molecule has 0 heterocycles. The van der Waals surface area contributed by atoms with Crippen LogP contribution >= 0.6 is 15.6 Å². The lowest BCUT2D eigenvalue weighted by molar-refractivity contribution is -0.161. The first-order valence-electron chi connectivity index (χ1n) is 31.9. The first kappa shape index (κ1) is 78.5. The molecule has 0 aromatic rings. The number of carbonyl (C=O) groups excluding carboxylic acids is 3. The molecule has 16 nitrogen and oxygen atoms in total. The van der Waals surface area contributed by atoms with Crippen molar-refractivity contribution in [2.45, 2.75) is 296 Å². The minimum absolute atomic E-state index is 0.112. The second-order valence-corrected chi connectivity index (χ2v) is 24.5. The van der Waals surface area contributed by atoms with E-state index in [0.29, 0.717) is 19.3 Å². The summed E-state index contributed by atoms with van der Waals surface area (Å²) >= 11 is 0. The van der Waals surface area contributed by atoms with E-state index in [2.05, 4.69) is 69.4 Å². The van der Waals surface area contributed by atoms with Gasteiger partial charge < -0.3 is 34.2 Å². The summed E-state index contributed by atoms with van der Waals surface area (Å²) in [6, 6.07) is 0. The third-order valence-corrected chi connectivity index (χ3v) is 15.5. The zero-order valence-electron chi connectivity index (χ0n) is 51.0. The Morgan fingerprint density at radius 3 is 1.04 bits per heavy atom. The Balaban J connectivity index is 4.60. The largest absolute Gasteiger partial charge is 0.472 e. The van der Waals surface area contributed by atoms with Crippen LogP contribution in [0.25, 0.3) is 0 Å². The van der Waals surface area contributed by atoms with Gasteiger partial charge in [0.1, 0.15) is 25.4 Å². The maximum Gasteiger partial charge on any atom is 0.472 e. The molecule has 0 fully saturated rings. The van der Waals surface area contributed by atoms with Gasteiger partial charge in [0.2, 0.25) is 0 Å². The van der Waals surface area contributed by atoms with Gasteiger partial charge in [-0.15, -0.1) is 0 Å². The van der Waals surface area contributed by atoms with Crippen molar-refractivity contribution in [3.63, 3.8) is 0 Å². The quantitative estimate of drug-likeness (QED) is 0.0146. The Labute approximate surface area is 491 Å². The molecular formula is C63H116O16P2. The van der Waals surface area contributed by atoms with Crippen LogP contribution in [0.15, 0.2) is 48.6 Å². The van der Waals surface area contributed by atoms with Crippen molar-refractivity contribution in [1.29, 1.82) is 0 Å². The summed E-state index contributed by atoms with van der Waals surface area (Å²) < 4.78 is 60.7. The van der Waals surface area contributed by atoms with E-state index in [0.717, 1.165) is 109 Å². The molecule has 0 aliphatic rings. The van der Waals surface area contributed by atoms with E-state index in [1.807, 2.05) is 0 Å². The molecule has 81 heavy (non-hydrogen) atoms. The van der Waals surface area contributed by atoms with Crippen molar-refractivity contribution in [3.8, 4) is 0 Å². The maximum atomic E-state index is 12.9. The Bertz CT molecular complexity index is 1690. The lowest BCUT2D eigenvalue weighted by Crippen LogP contribution is -2.30. The van der Waals surface area contributed by atoms with Gasteiger partial charge in [-0.25, -0.2) is 9.13 Å². The molecule has 18 heteroatoms. The Morgan fingerprint density at radius 2 is 0.654 bits per heavy atom. The summed E-state index contributed by atoms with van der Waals surface area (Å²) in [4.78, 5) is 58.1.